The first-order valence-corrected chi connectivity index (χ1v) is 15.0. The van der Waals surface area contributed by atoms with E-state index in [4.69, 9.17) is 21.1 Å². The molecule has 0 radical (unpaired) electrons. The summed E-state index contributed by atoms with van der Waals surface area (Å²) >= 11 is 5.70. The summed E-state index contributed by atoms with van der Waals surface area (Å²) in [6.45, 7) is 0.148. The molecule has 5 aliphatic rings. The van der Waals surface area contributed by atoms with Gasteiger partial charge in [0.25, 0.3) is 0 Å². The van der Waals surface area contributed by atoms with Gasteiger partial charge >= 0.3 is 6.18 Å². The molecule has 7 nitrogen and oxygen atoms in total. The van der Waals surface area contributed by atoms with E-state index in [2.05, 4.69) is 15.3 Å². The standard InChI is InChI=1S/C28H39ClF3N3O4/c29-24-20(28(30,31)32)13-33-26(35-24)34-21-22(36)23(37)27(14-38-25(21)39-27)12-17-6-5-16(8-17)9-19-10-18(11-19)7-15-3-1-2-4-15/h13,15-19,21-23,25,36-37H,1-12,14H2,(H,33,34,35)/t16?,17?,18?,19?,21-,22-,23-,25+,27+/m1/s1. The van der Waals surface area contributed by atoms with E-state index in [1.165, 1.54) is 57.8 Å². The highest BCUT2D eigenvalue weighted by atomic mass is 35.5. The number of aliphatic hydroxyl groups is 2. The third-order valence-electron chi connectivity index (χ3n) is 10.1. The quantitative estimate of drug-likeness (QED) is 0.349. The van der Waals surface area contributed by atoms with Crippen LogP contribution >= 0.6 is 11.6 Å². The fourth-order valence-corrected chi connectivity index (χ4v) is 8.42. The van der Waals surface area contributed by atoms with Gasteiger partial charge in [0.15, 0.2) is 6.29 Å². The van der Waals surface area contributed by atoms with E-state index in [0.717, 1.165) is 30.6 Å². The maximum absolute atomic E-state index is 13.0. The summed E-state index contributed by atoms with van der Waals surface area (Å²) in [5.41, 5.74) is -2.15. The minimum atomic E-state index is -4.68. The van der Waals surface area contributed by atoms with Crippen molar-refractivity contribution in [2.24, 2.45) is 29.6 Å². The number of aromatic nitrogens is 2. The molecule has 5 fully saturated rings. The van der Waals surface area contributed by atoms with Crippen LogP contribution in [0.2, 0.25) is 5.15 Å². The fraction of sp³-hybridized carbons (Fsp3) is 0.857. The average molecular weight is 574 g/mol. The topological polar surface area (TPSA) is 96.7 Å². The highest BCUT2D eigenvalue weighted by molar-refractivity contribution is 6.30. The maximum Gasteiger partial charge on any atom is 0.420 e. The van der Waals surface area contributed by atoms with Gasteiger partial charge in [-0.25, -0.2) is 9.97 Å². The Balaban J connectivity index is 1.000. The molecule has 3 N–H and O–H groups in total. The average Bonchev–Trinajstić information content (AvgIpc) is 3.61. The molecule has 7 atom stereocenters. The van der Waals surface area contributed by atoms with Crippen LogP contribution in [0.15, 0.2) is 6.20 Å². The van der Waals surface area contributed by atoms with Gasteiger partial charge in [-0.15, -0.1) is 0 Å². The van der Waals surface area contributed by atoms with Gasteiger partial charge in [0, 0.05) is 6.20 Å². The predicted octanol–water partition coefficient (Wildman–Crippen LogP) is 5.58. The Labute approximate surface area is 232 Å². The van der Waals surface area contributed by atoms with Crippen molar-refractivity contribution < 1.29 is 32.9 Å². The van der Waals surface area contributed by atoms with Gasteiger partial charge in [-0.3, -0.25) is 0 Å². The normalized spacial score (nSPS) is 40.7. The van der Waals surface area contributed by atoms with E-state index < -0.39 is 47.0 Å². The molecule has 3 saturated carbocycles. The first kappa shape index (κ1) is 27.9. The van der Waals surface area contributed by atoms with Crippen molar-refractivity contribution in [3.05, 3.63) is 16.9 Å². The Hall–Kier alpha value is -1.20. The van der Waals surface area contributed by atoms with Gasteiger partial charge in [0.2, 0.25) is 5.95 Å². The van der Waals surface area contributed by atoms with E-state index in [1.54, 1.807) is 0 Å². The number of rotatable bonds is 8. The van der Waals surface area contributed by atoms with Crippen LogP contribution in [0.25, 0.3) is 0 Å². The molecule has 2 bridgehead atoms. The van der Waals surface area contributed by atoms with Crippen LogP contribution < -0.4 is 5.32 Å². The molecule has 0 spiro atoms. The zero-order chi connectivity index (χ0) is 27.4. The SMILES string of the molecule is O[C@@H]1[C@@H](Nc2ncc(C(F)(F)F)c(Cl)n2)[C@H]2OC[C@](CC3CCC(CC4CC(CC5CCCC5)C4)C3)(O2)[C@@H]1O. The maximum atomic E-state index is 13.0. The molecule has 0 aromatic carbocycles. The largest absolute Gasteiger partial charge is 0.420 e. The van der Waals surface area contributed by atoms with E-state index >= 15 is 0 Å². The van der Waals surface area contributed by atoms with Crippen LogP contribution in [0.1, 0.15) is 82.6 Å². The minimum absolute atomic E-state index is 0.148. The summed E-state index contributed by atoms with van der Waals surface area (Å²) in [6.07, 6.45) is 7.79. The molecule has 39 heavy (non-hydrogen) atoms. The van der Waals surface area contributed by atoms with Crippen LogP contribution in [0.5, 0.6) is 0 Å². The summed E-state index contributed by atoms with van der Waals surface area (Å²) in [5.74, 6) is 3.69. The van der Waals surface area contributed by atoms with Crippen LogP contribution in [0.3, 0.4) is 0 Å². The molecule has 2 saturated heterocycles. The van der Waals surface area contributed by atoms with Crippen LogP contribution in [-0.2, 0) is 15.7 Å². The van der Waals surface area contributed by atoms with E-state index in [9.17, 15) is 23.4 Å². The number of hydrogen-bond donors (Lipinski definition) is 3. The summed E-state index contributed by atoms with van der Waals surface area (Å²) in [6, 6.07) is -0.962. The summed E-state index contributed by atoms with van der Waals surface area (Å²) in [7, 11) is 0. The number of hydrogen-bond acceptors (Lipinski definition) is 7. The number of nitrogens with one attached hydrogen (secondary N) is 1. The van der Waals surface area contributed by atoms with Gasteiger partial charge in [-0.2, -0.15) is 13.2 Å². The Morgan fingerprint density at radius 3 is 2.33 bits per heavy atom. The molecule has 1 aromatic rings. The number of ether oxygens (including phenoxy) is 2. The highest BCUT2D eigenvalue weighted by Crippen LogP contribution is 2.50. The molecule has 6 rings (SSSR count). The molecular weight excluding hydrogens is 535 g/mol. The van der Waals surface area contributed by atoms with Crippen LogP contribution in [0.4, 0.5) is 19.1 Å². The second-order valence-electron chi connectivity index (χ2n) is 12.9. The van der Waals surface area contributed by atoms with E-state index in [-0.39, 0.29) is 12.6 Å². The smallest absolute Gasteiger partial charge is 0.388 e. The lowest BCUT2D eigenvalue weighted by Crippen LogP contribution is -2.63. The van der Waals surface area contributed by atoms with Gasteiger partial charge in [-0.1, -0.05) is 50.1 Å². The van der Waals surface area contributed by atoms with Crippen molar-refractivity contribution in [3.63, 3.8) is 0 Å². The molecular formula is C28H39ClF3N3O4. The lowest BCUT2D eigenvalue weighted by atomic mass is 9.67. The van der Waals surface area contributed by atoms with E-state index in [1.807, 2.05) is 0 Å². The van der Waals surface area contributed by atoms with Gasteiger partial charge in [-0.05, 0) is 68.1 Å². The van der Waals surface area contributed by atoms with Crippen molar-refractivity contribution >= 4 is 17.5 Å². The number of fused-ring (bicyclic) bond motifs is 2. The third kappa shape index (κ3) is 5.78. The summed E-state index contributed by atoms with van der Waals surface area (Å²) < 4.78 is 51.0. The molecule has 218 valence electrons. The Morgan fingerprint density at radius 2 is 1.64 bits per heavy atom. The number of halogens is 4. The number of anilines is 1. The molecule has 3 heterocycles. The Morgan fingerprint density at radius 1 is 0.974 bits per heavy atom. The fourth-order valence-electron chi connectivity index (χ4n) is 8.19. The van der Waals surface area contributed by atoms with Gasteiger partial charge < -0.3 is 25.0 Å². The molecule has 0 amide bonds. The molecule has 1 aromatic heterocycles. The van der Waals surface area contributed by atoms with E-state index in [0.29, 0.717) is 24.5 Å². The summed E-state index contributed by atoms with van der Waals surface area (Å²) in [5, 5.41) is 24.1. The zero-order valence-electron chi connectivity index (χ0n) is 22.1. The van der Waals surface area contributed by atoms with Crippen molar-refractivity contribution in [1.29, 1.82) is 0 Å². The van der Waals surface area contributed by atoms with Crippen molar-refractivity contribution in [2.75, 3.05) is 11.9 Å². The molecule has 11 heteroatoms. The van der Waals surface area contributed by atoms with Crippen molar-refractivity contribution in [1.82, 2.24) is 9.97 Å². The number of aliphatic hydroxyl groups excluding tert-OH is 2. The van der Waals surface area contributed by atoms with Gasteiger partial charge in [0.1, 0.15) is 34.6 Å². The number of alkyl halides is 3. The summed E-state index contributed by atoms with van der Waals surface area (Å²) in [4.78, 5) is 7.35. The molecule has 2 unspecified atom stereocenters. The van der Waals surface area contributed by atoms with Crippen LogP contribution in [-0.4, -0.2) is 56.9 Å². The monoisotopic (exact) mass is 573 g/mol. The van der Waals surface area contributed by atoms with Crippen molar-refractivity contribution in [3.8, 4) is 0 Å². The minimum Gasteiger partial charge on any atom is -0.388 e. The Bertz CT molecular complexity index is 1020. The second kappa shape index (κ2) is 10.9. The molecule has 2 aliphatic heterocycles. The molecule has 3 aliphatic carbocycles. The lowest BCUT2D eigenvalue weighted by molar-refractivity contribution is -0.220. The van der Waals surface area contributed by atoms with Gasteiger partial charge in [0.05, 0.1) is 6.61 Å². The lowest BCUT2D eigenvalue weighted by Gasteiger charge is -2.44. The first-order chi connectivity index (χ1) is 18.6. The predicted molar refractivity (Wildman–Crippen MR) is 138 cm³/mol. The second-order valence-corrected chi connectivity index (χ2v) is 13.3. The zero-order valence-corrected chi connectivity index (χ0v) is 22.8. The Kier molecular flexibility index (Phi) is 7.81. The van der Waals surface area contributed by atoms with Crippen LogP contribution in [0, 0.1) is 29.6 Å². The first-order valence-electron chi connectivity index (χ1n) is 14.6. The number of nitrogens with zero attached hydrogens (tertiary/aromatic N) is 2. The highest BCUT2D eigenvalue weighted by Gasteiger charge is 2.60. The van der Waals surface area contributed by atoms with Crippen molar-refractivity contribution in [2.45, 2.75) is 113 Å². The third-order valence-corrected chi connectivity index (χ3v) is 10.4.